The normalized spacial score (nSPS) is 16.3. The van der Waals surface area contributed by atoms with Gasteiger partial charge in [-0.15, -0.1) is 0 Å². The van der Waals surface area contributed by atoms with Crippen LogP contribution in [-0.4, -0.2) is 48.9 Å². The van der Waals surface area contributed by atoms with Crippen LogP contribution in [0.25, 0.3) is 23.3 Å². The van der Waals surface area contributed by atoms with Crippen molar-refractivity contribution in [3.05, 3.63) is 94.0 Å². The molecular formula is C30H27F3N2O4. The van der Waals surface area contributed by atoms with Crippen LogP contribution in [0.2, 0.25) is 0 Å². The van der Waals surface area contributed by atoms with Gasteiger partial charge < -0.3 is 14.6 Å². The minimum absolute atomic E-state index is 0.00377. The fourth-order valence-corrected chi connectivity index (χ4v) is 4.67. The van der Waals surface area contributed by atoms with E-state index in [1.807, 2.05) is 30.3 Å². The molecule has 0 spiro atoms. The second-order valence-corrected chi connectivity index (χ2v) is 9.12. The van der Waals surface area contributed by atoms with Crippen LogP contribution in [-0.2, 0) is 33.6 Å². The lowest BCUT2D eigenvalue weighted by Gasteiger charge is -2.33. The Hall–Kier alpha value is -3.97. The van der Waals surface area contributed by atoms with Crippen molar-refractivity contribution in [3.63, 3.8) is 0 Å². The number of halogens is 3. The highest BCUT2D eigenvalue weighted by Gasteiger charge is 2.35. The van der Waals surface area contributed by atoms with Gasteiger partial charge in [-0.2, -0.15) is 18.4 Å². The van der Waals surface area contributed by atoms with Crippen molar-refractivity contribution in [2.24, 2.45) is 0 Å². The molecule has 0 bridgehead atoms. The molecule has 1 aliphatic heterocycles. The number of nitriles is 1. The Balaban J connectivity index is 1.76. The summed E-state index contributed by atoms with van der Waals surface area (Å²) in [7, 11) is 1.44. The minimum Gasteiger partial charge on any atom is -0.480 e. The first-order valence-electron chi connectivity index (χ1n) is 12.3. The van der Waals surface area contributed by atoms with Crippen LogP contribution >= 0.6 is 0 Å². The van der Waals surface area contributed by atoms with E-state index in [1.54, 1.807) is 23.1 Å². The smallest absolute Gasteiger partial charge is 0.416 e. The topological polar surface area (TPSA) is 82.8 Å². The highest BCUT2D eigenvalue weighted by atomic mass is 19.4. The molecule has 0 saturated carbocycles. The maximum Gasteiger partial charge on any atom is 0.416 e. The highest BCUT2D eigenvalue weighted by molar-refractivity contribution is 5.81. The Morgan fingerprint density at radius 3 is 2.54 bits per heavy atom. The number of nitrogens with zero attached hydrogens (tertiary/aromatic N) is 2. The number of carbonyl (C=O) groups is 1. The number of ether oxygens (including phenoxy) is 2. The summed E-state index contributed by atoms with van der Waals surface area (Å²) in [5.41, 5.74) is 2.27. The first kappa shape index (κ1) is 28.0. The van der Waals surface area contributed by atoms with Gasteiger partial charge in [-0.05, 0) is 39.9 Å². The van der Waals surface area contributed by atoms with Crippen LogP contribution in [0.1, 0.15) is 33.4 Å². The van der Waals surface area contributed by atoms with E-state index in [0.717, 1.165) is 11.6 Å². The average molecular weight is 537 g/mol. The van der Waals surface area contributed by atoms with Crippen molar-refractivity contribution >= 4 is 18.1 Å². The number of carboxylic acid groups (broad SMARTS) is 1. The zero-order chi connectivity index (χ0) is 28.0. The number of aliphatic carboxylic acids is 1. The van der Waals surface area contributed by atoms with Crippen molar-refractivity contribution in [2.75, 3.05) is 26.9 Å². The lowest BCUT2D eigenvalue weighted by molar-refractivity contribution is -0.150. The summed E-state index contributed by atoms with van der Waals surface area (Å²) in [6, 6.07) is 18.2. The number of hydrogen-bond acceptors (Lipinski definition) is 5. The Morgan fingerprint density at radius 1 is 1.13 bits per heavy atom. The third kappa shape index (κ3) is 6.55. The molecule has 0 unspecified atom stereocenters. The molecule has 1 saturated heterocycles. The van der Waals surface area contributed by atoms with E-state index < -0.39 is 23.8 Å². The zero-order valence-electron chi connectivity index (χ0n) is 21.2. The maximum absolute atomic E-state index is 14.2. The number of morpholine rings is 1. The van der Waals surface area contributed by atoms with Gasteiger partial charge in [0, 0.05) is 25.8 Å². The fraction of sp³-hybridized carbons (Fsp3) is 0.267. The summed E-state index contributed by atoms with van der Waals surface area (Å²) in [5, 5.41) is 19.4. The highest BCUT2D eigenvalue weighted by Crippen LogP contribution is 2.36. The molecule has 3 aromatic rings. The van der Waals surface area contributed by atoms with E-state index in [4.69, 9.17) is 9.47 Å². The molecule has 0 aromatic heterocycles. The predicted molar refractivity (Wildman–Crippen MR) is 140 cm³/mol. The van der Waals surface area contributed by atoms with Gasteiger partial charge in [0.05, 0.1) is 30.9 Å². The number of rotatable bonds is 8. The predicted octanol–water partition coefficient (Wildman–Crippen LogP) is 5.85. The SMILES string of the molecule is COCc1cc(/C=C/c2cccc(-c3ccccc3)c2C#N)c(C(F)(F)F)cc1CN1CCOC[C@H]1C(=O)O. The summed E-state index contributed by atoms with van der Waals surface area (Å²) in [6.45, 7) is 0.582. The summed E-state index contributed by atoms with van der Waals surface area (Å²) in [5.74, 6) is -1.09. The van der Waals surface area contributed by atoms with Crippen molar-refractivity contribution in [2.45, 2.75) is 25.4 Å². The van der Waals surface area contributed by atoms with E-state index in [2.05, 4.69) is 6.07 Å². The molecule has 0 amide bonds. The second-order valence-electron chi connectivity index (χ2n) is 9.12. The van der Waals surface area contributed by atoms with Crippen LogP contribution in [0.5, 0.6) is 0 Å². The van der Waals surface area contributed by atoms with Gasteiger partial charge in [0.2, 0.25) is 0 Å². The van der Waals surface area contributed by atoms with Crippen molar-refractivity contribution in [1.29, 1.82) is 5.26 Å². The molecule has 3 aromatic carbocycles. The van der Waals surface area contributed by atoms with E-state index >= 15 is 0 Å². The number of hydrogen-bond donors (Lipinski definition) is 1. The molecule has 1 heterocycles. The van der Waals surface area contributed by atoms with Crippen LogP contribution in [0.3, 0.4) is 0 Å². The van der Waals surface area contributed by atoms with Crippen molar-refractivity contribution in [1.82, 2.24) is 4.90 Å². The monoisotopic (exact) mass is 536 g/mol. The van der Waals surface area contributed by atoms with Crippen LogP contribution in [0, 0.1) is 11.3 Å². The molecule has 1 fully saturated rings. The van der Waals surface area contributed by atoms with Gasteiger partial charge in [-0.3, -0.25) is 9.69 Å². The summed E-state index contributed by atoms with van der Waals surface area (Å²) < 4.78 is 53.2. The van der Waals surface area contributed by atoms with E-state index in [0.29, 0.717) is 34.4 Å². The van der Waals surface area contributed by atoms with Gasteiger partial charge in [0.25, 0.3) is 0 Å². The number of benzene rings is 3. The lowest BCUT2D eigenvalue weighted by Crippen LogP contribution is -2.49. The summed E-state index contributed by atoms with van der Waals surface area (Å²) in [4.78, 5) is 13.3. The van der Waals surface area contributed by atoms with Gasteiger partial charge in [0.15, 0.2) is 0 Å². The molecule has 9 heteroatoms. The number of carboxylic acids is 1. The molecule has 39 heavy (non-hydrogen) atoms. The molecule has 1 atom stereocenters. The van der Waals surface area contributed by atoms with Crippen LogP contribution < -0.4 is 0 Å². The van der Waals surface area contributed by atoms with Gasteiger partial charge >= 0.3 is 12.1 Å². The Labute approximate surface area is 224 Å². The largest absolute Gasteiger partial charge is 0.480 e. The molecule has 1 aliphatic rings. The van der Waals surface area contributed by atoms with Gasteiger partial charge in [-0.25, -0.2) is 0 Å². The maximum atomic E-state index is 14.2. The lowest BCUT2D eigenvalue weighted by atomic mass is 9.94. The van der Waals surface area contributed by atoms with Crippen LogP contribution in [0.4, 0.5) is 13.2 Å². The standard InChI is InChI=1S/C30H27F3N2O4/c1-38-18-24-14-22(11-10-21-8-5-9-25(26(21)16-34)20-6-3-2-4-7-20)27(30(31,32)33)15-23(24)17-35-12-13-39-19-28(35)29(36)37/h2-11,14-15,28H,12-13,17-19H2,1H3,(H,36,37)/b11-10+/t28-/m0/s1. The van der Waals surface area contributed by atoms with Gasteiger partial charge in [-0.1, -0.05) is 60.7 Å². The quantitative estimate of drug-likeness (QED) is 0.364. The zero-order valence-corrected chi connectivity index (χ0v) is 21.2. The molecular weight excluding hydrogens is 509 g/mol. The van der Waals surface area contributed by atoms with Gasteiger partial charge in [0.1, 0.15) is 12.1 Å². The van der Waals surface area contributed by atoms with E-state index in [-0.39, 0.29) is 31.9 Å². The average Bonchev–Trinajstić information content (AvgIpc) is 2.92. The Bertz CT molecular complexity index is 1400. The first-order chi connectivity index (χ1) is 18.7. The molecule has 202 valence electrons. The fourth-order valence-electron chi connectivity index (χ4n) is 4.67. The van der Waals surface area contributed by atoms with Crippen molar-refractivity contribution in [3.8, 4) is 17.2 Å². The number of alkyl halides is 3. The molecule has 0 aliphatic carbocycles. The Morgan fingerprint density at radius 2 is 1.87 bits per heavy atom. The molecule has 6 nitrogen and oxygen atoms in total. The Kier molecular flexibility index (Phi) is 8.82. The van der Waals surface area contributed by atoms with E-state index in [1.165, 1.54) is 25.3 Å². The third-order valence-corrected chi connectivity index (χ3v) is 6.61. The third-order valence-electron chi connectivity index (χ3n) is 6.61. The second kappa shape index (κ2) is 12.3. The van der Waals surface area contributed by atoms with Crippen LogP contribution in [0.15, 0.2) is 60.7 Å². The van der Waals surface area contributed by atoms with Crippen molar-refractivity contribution < 1.29 is 32.5 Å². The molecule has 4 rings (SSSR count). The number of methoxy groups -OCH3 is 1. The van der Waals surface area contributed by atoms with E-state index in [9.17, 15) is 28.3 Å². The molecule has 0 radical (unpaired) electrons. The summed E-state index contributed by atoms with van der Waals surface area (Å²) >= 11 is 0. The minimum atomic E-state index is -4.67. The molecule has 1 N–H and O–H groups in total. The summed E-state index contributed by atoms with van der Waals surface area (Å²) in [6.07, 6.45) is -1.80. The first-order valence-corrected chi connectivity index (χ1v) is 12.3.